The molecule has 0 aliphatic rings. The number of hydrogen-bond acceptors (Lipinski definition) is 6. The largest absolute Gasteiger partial charge is 0.474 e. The van der Waals surface area contributed by atoms with E-state index in [1.54, 1.807) is 7.11 Å². The zero-order chi connectivity index (χ0) is 14.3. The fraction of sp³-hybridized carbons (Fsp3) is 0.583. The van der Waals surface area contributed by atoms with E-state index in [1.165, 1.54) is 0 Å². The summed E-state index contributed by atoms with van der Waals surface area (Å²) < 4.78 is 10.4. The van der Waals surface area contributed by atoms with E-state index in [-0.39, 0.29) is 11.7 Å². The van der Waals surface area contributed by atoms with Crippen molar-refractivity contribution in [1.82, 2.24) is 10.2 Å². The Morgan fingerprint density at radius 3 is 2.53 bits per heavy atom. The van der Waals surface area contributed by atoms with Crippen LogP contribution in [0.2, 0.25) is 0 Å². The van der Waals surface area contributed by atoms with Gasteiger partial charge in [0.25, 0.3) is 0 Å². The van der Waals surface area contributed by atoms with Gasteiger partial charge in [-0.3, -0.25) is 0 Å². The third-order valence-electron chi connectivity index (χ3n) is 2.70. The van der Waals surface area contributed by atoms with Gasteiger partial charge in [-0.05, 0) is 18.4 Å². The summed E-state index contributed by atoms with van der Waals surface area (Å²) in [5.41, 5.74) is 7.94. The van der Waals surface area contributed by atoms with Crippen molar-refractivity contribution in [3.8, 4) is 5.88 Å². The Morgan fingerprint density at radius 1 is 1.26 bits per heavy atom. The number of aryl methyl sites for hydroxylation is 1. The van der Waals surface area contributed by atoms with E-state index in [9.17, 15) is 0 Å². The van der Waals surface area contributed by atoms with Crippen LogP contribution in [0.3, 0.4) is 0 Å². The maximum atomic E-state index is 8.90. The van der Waals surface area contributed by atoms with Gasteiger partial charge in [-0.15, -0.1) is 5.10 Å². The number of rotatable bonds is 7. The lowest BCUT2D eigenvalue weighted by atomic mass is 10.0. The average molecular weight is 268 g/mol. The number of nitrogens with zero attached hydrogens (tertiary/aromatic N) is 3. The highest BCUT2D eigenvalue weighted by Crippen LogP contribution is 2.22. The first-order valence-electron chi connectivity index (χ1n) is 6.17. The van der Waals surface area contributed by atoms with Crippen molar-refractivity contribution < 1.29 is 14.7 Å². The number of nitrogens with two attached hydrogens (primary N) is 1. The molecule has 1 aromatic rings. The summed E-state index contributed by atoms with van der Waals surface area (Å²) in [5, 5.41) is 20.1. The molecule has 0 aromatic carbocycles. The number of oxime groups is 1. The van der Waals surface area contributed by atoms with Crippen LogP contribution in [0.4, 0.5) is 0 Å². The van der Waals surface area contributed by atoms with Crippen molar-refractivity contribution in [2.45, 2.75) is 26.7 Å². The zero-order valence-corrected chi connectivity index (χ0v) is 11.5. The van der Waals surface area contributed by atoms with Crippen LogP contribution in [0.1, 0.15) is 30.7 Å². The van der Waals surface area contributed by atoms with Crippen molar-refractivity contribution in [2.24, 2.45) is 10.9 Å². The summed E-state index contributed by atoms with van der Waals surface area (Å²) in [6, 6.07) is 0. The van der Waals surface area contributed by atoms with Gasteiger partial charge >= 0.3 is 0 Å². The zero-order valence-electron chi connectivity index (χ0n) is 11.5. The Balaban J connectivity index is 3.22. The Bertz CT molecular complexity index is 449. The molecule has 0 bridgehead atoms. The molecule has 3 N–H and O–H groups in total. The van der Waals surface area contributed by atoms with Crippen LogP contribution in [-0.4, -0.2) is 41.6 Å². The number of aromatic nitrogens is 2. The molecular formula is C12H20N4O3. The van der Waals surface area contributed by atoms with Gasteiger partial charge in [0.05, 0.1) is 17.9 Å². The molecule has 1 aromatic heterocycles. The number of ether oxygens (including phenoxy) is 2. The molecule has 0 amide bonds. The summed E-state index contributed by atoms with van der Waals surface area (Å²) >= 11 is 0. The van der Waals surface area contributed by atoms with Gasteiger partial charge in [-0.25, -0.2) is 0 Å². The second kappa shape index (κ2) is 7.52. The second-order valence-electron chi connectivity index (χ2n) is 3.84. The molecule has 0 atom stereocenters. The third-order valence-corrected chi connectivity index (χ3v) is 2.70. The molecule has 19 heavy (non-hydrogen) atoms. The highest BCUT2D eigenvalue weighted by molar-refractivity contribution is 6.00. The van der Waals surface area contributed by atoms with Gasteiger partial charge in [-0.1, -0.05) is 19.0 Å². The number of methoxy groups -OCH3 is 1. The lowest BCUT2D eigenvalue weighted by molar-refractivity contribution is 0.143. The monoisotopic (exact) mass is 268 g/mol. The summed E-state index contributed by atoms with van der Waals surface area (Å²) in [5.74, 6) is 0.246. The van der Waals surface area contributed by atoms with Crippen molar-refractivity contribution in [3.63, 3.8) is 0 Å². The molecule has 1 heterocycles. The molecule has 0 radical (unpaired) electrons. The van der Waals surface area contributed by atoms with Crippen molar-refractivity contribution in [1.29, 1.82) is 0 Å². The normalized spacial score (nSPS) is 11.6. The fourth-order valence-corrected chi connectivity index (χ4v) is 1.79. The lowest BCUT2D eigenvalue weighted by Crippen LogP contribution is -2.21. The average Bonchev–Trinajstić information content (AvgIpc) is 2.45. The highest BCUT2D eigenvalue weighted by atomic mass is 16.5. The van der Waals surface area contributed by atoms with Crippen LogP contribution in [0.5, 0.6) is 5.88 Å². The predicted molar refractivity (Wildman–Crippen MR) is 70.7 cm³/mol. The van der Waals surface area contributed by atoms with Gasteiger partial charge in [0.2, 0.25) is 5.88 Å². The maximum absolute atomic E-state index is 8.90. The molecule has 7 nitrogen and oxygen atoms in total. The first kappa shape index (κ1) is 15.2. The van der Waals surface area contributed by atoms with E-state index < -0.39 is 0 Å². The van der Waals surface area contributed by atoms with Gasteiger partial charge < -0.3 is 20.4 Å². The minimum atomic E-state index is -0.0196. The van der Waals surface area contributed by atoms with Gasteiger partial charge in [0, 0.05) is 7.11 Å². The lowest BCUT2D eigenvalue weighted by Gasteiger charge is -2.14. The van der Waals surface area contributed by atoms with E-state index in [4.69, 9.17) is 20.4 Å². The van der Waals surface area contributed by atoms with E-state index in [2.05, 4.69) is 15.4 Å². The minimum absolute atomic E-state index is 0.0196. The van der Waals surface area contributed by atoms with Gasteiger partial charge in [0.1, 0.15) is 6.61 Å². The molecule has 0 saturated carbocycles. The fourth-order valence-electron chi connectivity index (χ4n) is 1.79. The van der Waals surface area contributed by atoms with Crippen LogP contribution in [0, 0.1) is 0 Å². The second-order valence-corrected chi connectivity index (χ2v) is 3.84. The van der Waals surface area contributed by atoms with Crippen molar-refractivity contribution in [2.75, 3.05) is 20.3 Å². The molecule has 0 saturated heterocycles. The van der Waals surface area contributed by atoms with E-state index in [0.29, 0.717) is 25.2 Å². The van der Waals surface area contributed by atoms with Gasteiger partial charge in [0.15, 0.2) is 5.84 Å². The van der Waals surface area contributed by atoms with Crippen LogP contribution in [0.15, 0.2) is 5.16 Å². The summed E-state index contributed by atoms with van der Waals surface area (Å²) in [7, 11) is 1.58. The van der Waals surface area contributed by atoms with Crippen molar-refractivity contribution in [3.05, 3.63) is 16.8 Å². The standard InChI is InChI=1S/C12H20N4O3/c1-4-8-9(5-2)14-15-12(19-7-6-18-3)10(8)11(13)16-17/h17H,4-7H2,1-3H3,(H2,13,16). The Kier molecular flexibility index (Phi) is 6.01. The highest BCUT2D eigenvalue weighted by Gasteiger charge is 2.19. The minimum Gasteiger partial charge on any atom is -0.474 e. The van der Waals surface area contributed by atoms with Crippen LogP contribution < -0.4 is 10.5 Å². The Hall–Kier alpha value is -1.89. The SMILES string of the molecule is CCc1nnc(OCCOC)c(C(N)=NO)c1CC. The molecule has 0 aliphatic carbocycles. The van der Waals surface area contributed by atoms with E-state index in [1.807, 2.05) is 13.8 Å². The van der Waals surface area contributed by atoms with E-state index >= 15 is 0 Å². The molecule has 1 rings (SSSR count). The molecule has 0 unspecified atom stereocenters. The van der Waals surface area contributed by atoms with Crippen LogP contribution >= 0.6 is 0 Å². The summed E-state index contributed by atoms with van der Waals surface area (Å²) in [6.45, 7) is 4.70. The summed E-state index contributed by atoms with van der Waals surface area (Å²) in [4.78, 5) is 0. The first-order valence-corrected chi connectivity index (χ1v) is 6.17. The topological polar surface area (TPSA) is 103 Å². The number of amidine groups is 1. The van der Waals surface area contributed by atoms with E-state index in [0.717, 1.165) is 17.7 Å². The molecular weight excluding hydrogens is 248 g/mol. The Labute approximate surface area is 112 Å². The number of hydrogen-bond donors (Lipinski definition) is 2. The molecule has 0 spiro atoms. The van der Waals surface area contributed by atoms with Gasteiger partial charge in [-0.2, -0.15) is 5.10 Å². The smallest absolute Gasteiger partial charge is 0.245 e. The molecule has 106 valence electrons. The van der Waals surface area contributed by atoms with Crippen LogP contribution in [-0.2, 0) is 17.6 Å². The Morgan fingerprint density at radius 2 is 2.00 bits per heavy atom. The molecule has 0 aliphatic heterocycles. The summed E-state index contributed by atoms with van der Waals surface area (Å²) in [6.07, 6.45) is 1.42. The predicted octanol–water partition coefficient (Wildman–Crippen LogP) is 0.721. The first-order chi connectivity index (χ1) is 9.19. The third kappa shape index (κ3) is 3.54. The molecule has 7 heteroatoms. The van der Waals surface area contributed by atoms with Crippen LogP contribution in [0.25, 0.3) is 0 Å². The quantitative estimate of drug-likeness (QED) is 0.248. The maximum Gasteiger partial charge on any atom is 0.245 e. The van der Waals surface area contributed by atoms with Crippen molar-refractivity contribution >= 4 is 5.84 Å². The molecule has 0 fully saturated rings.